The highest BCUT2D eigenvalue weighted by atomic mass is 15.3. The van der Waals surface area contributed by atoms with Crippen molar-refractivity contribution >= 4 is 0 Å². The number of rotatable bonds is 6. The fourth-order valence-corrected chi connectivity index (χ4v) is 2.62. The lowest BCUT2D eigenvalue weighted by Crippen LogP contribution is -2.14. The largest absolute Gasteiger partial charge is 0.308 e. The lowest BCUT2D eigenvalue weighted by Gasteiger charge is -2.08. The molecule has 3 rings (SSSR count). The summed E-state index contributed by atoms with van der Waals surface area (Å²) in [6, 6.07) is 5.96. The number of pyridine rings is 1. The van der Waals surface area contributed by atoms with Crippen molar-refractivity contribution in [1.29, 1.82) is 0 Å². The Hall–Kier alpha value is -2.47. The molecule has 0 saturated heterocycles. The molecule has 0 amide bonds. The van der Waals surface area contributed by atoms with Crippen molar-refractivity contribution in [3.63, 3.8) is 0 Å². The van der Waals surface area contributed by atoms with Crippen LogP contribution in [-0.4, -0.2) is 24.5 Å². The molecule has 6 heteroatoms. The first-order chi connectivity index (χ1) is 11.1. The maximum Gasteiger partial charge on any atom is 0.153 e. The van der Waals surface area contributed by atoms with Crippen LogP contribution in [0, 0.1) is 0 Å². The zero-order chi connectivity index (χ0) is 16.2. The van der Waals surface area contributed by atoms with Gasteiger partial charge >= 0.3 is 0 Å². The predicted octanol–water partition coefficient (Wildman–Crippen LogP) is 2.41. The van der Waals surface area contributed by atoms with Crippen molar-refractivity contribution in [3.8, 4) is 5.82 Å². The summed E-state index contributed by atoms with van der Waals surface area (Å²) >= 11 is 0. The Morgan fingerprint density at radius 2 is 2.09 bits per heavy atom. The third-order valence-corrected chi connectivity index (χ3v) is 3.68. The molecule has 0 aromatic carbocycles. The lowest BCUT2D eigenvalue weighted by molar-refractivity contribution is 0.676. The van der Waals surface area contributed by atoms with E-state index in [-0.39, 0.29) is 0 Å². The van der Waals surface area contributed by atoms with Crippen LogP contribution in [-0.2, 0) is 20.1 Å². The first-order valence-corrected chi connectivity index (χ1v) is 7.81. The smallest absolute Gasteiger partial charge is 0.153 e. The third kappa shape index (κ3) is 3.65. The Bertz CT molecular complexity index is 757. The van der Waals surface area contributed by atoms with Gasteiger partial charge in [0, 0.05) is 50.5 Å². The van der Waals surface area contributed by atoms with Gasteiger partial charge in [-0.15, -0.1) is 0 Å². The first-order valence-electron chi connectivity index (χ1n) is 7.81. The SMILES string of the molecule is CC(C)c1nn(C)cc1CNCc1ccnc(-n2cccn2)c1. The molecule has 0 fully saturated rings. The summed E-state index contributed by atoms with van der Waals surface area (Å²) in [5, 5.41) is 12.2. The zero-order valence-electron chi connectivity index (χ0n) is 13.8. The van der Waals surface area contributed by atoms with Crippen LogP contribution in [0.25, 0.3) is 5.82 Å². The molecule has 0 spiro atoms. The second-order valence-corrected chi connectivity index (χ2v) is 5.94. The maximum atomic E-state index is 4.54. The van der Waals surface area contributed by atoms with E-state index in [9.17, 15) is 0 Å². The van der Waals surface area contributed by atoms with Gasteiger partial charge in [0.15, 0.2) is 5.82 Å². The Labute approximate surface area is 136 Å². The summed E-state index contributed by atoms with van der Waals surface area (Å²) in [7, 11) is 1.97. The fraction of sp³-hybridized carbons (Fsp3) is 0.353. The molecule has 6 nitrogen and oxygen atoms in total. The molecule has 1 N–H and O–H groups in total. The number of aryl methyl sites for hydroxylation is 1. The Morgan fingerprint density at radius 1 is 1.22 bits per heavy atom. The third-order valence-electron chi connectivity index (χ3n) is 3.68. The molecular weight excluding hydrogens is 288 g/mol. The molecule has 0 radical (unpaired) electrons. The Balaban J connectivity index is 1.64. The van der Waals surface area contributed by atoms with Gasteiger partial charge < -0.3 is 5.32 Å². The summed E-state index contributed by atoms with van der Waals surface area (Å²) in [5.41, 5.74) is 3.59. The van der Waals surface area contributed by atoms with Gasteiger partial charge in [-0.2, -0.15) is 10.2 Å². The molecule has 0 aliphatic carbocycles. The van der Waals surface area contributed by atoms with Crippen molar-refractivity contribution in [2.45, 2.75) is 32.9 Å². The summed E-state index contributed by atoms with van der Waals surface area (Å²) in [5.74, 6) is 1.26. The van der Waals surface area contributed by atoms with Gasteiger partial charge in [-0.25, -0.2) is 9.67 Å². The van der Waals surface area contributed by atoms with Crippen LogP contribution in [0.5, 0.6) is 0 Å². The van der Waals surface area contributed by atoms with Crippen LogP contribution in [0.1, 0.15) is 36.6 Å². The number of nitrogens with one attached hydrogen (secondary N) is 1. The van der Waals surface area contributed by atoms with E-state index < -0.39 is 0 Å². The average molecular weight is 310 g/mol. The van der Waals surface area contributed by atoms with Gasteiger partial charge in [-0.05, 0) is 29.7 Å². The fourth-order valence-electron chi connectivity index (χ4n) is 2.62. The van der Waals surface area contributed by atoms with E-state index in [1.165, 1.54) is 11.1 Å². The zero-order valence-corrected chi connectivity index (χ0v) is 13.8. The highest BCUT2D eigenvalue weighted by Crippen LogP contribution is 2.17. The monoisotopic (exact) mass is 310 g/mol. The van der Waals surface area contributed by atoms with Crippen LogP contribution in [0.15, 0.2) is 43.0 Å². The molecule has 0 aliphatic rings. The molecule has 0 atom stereocenters. The van der Waals surface area contributed by atoms with Crippen LogP contribution >= 0.6 is 0 Å². The minimum Gasteiger partial charge on any atom is -0.308 e. The molecule has 0 bridgehead atoms. The topological polar surface area (TPSA) is 60.6 Å². The molecule has 23 heavy (non-hydrogen) atoms. The maximum absolute atomic E-state index is 4.54. The molecule has 3 heterocycles. The average Bonchev–Trinajstić information content (AvgIpc) is 3.17. The van der Waals surface area contributed by atoms with Crippen molar-refractivity contribution in [1.82, 2.24) is 29.9 Å². The van der Waals surface area contributed by atoms with E-state index in [1.807, 2.05) is 42.3 Å². The molecular formula is C17H22N6. The van der Waals surface area contributed by atoms with Crippen molar-refractivity contribution in [2.24, 2.45) is 7.05 Å². The second kappa shape index (κ2) is 6.75. The second-order valence-electron chi connectivity index (χ2n) is 5.94. The lowest BCUT2D eigenvalue weighted by atomic mass is 10.1. The van der Waals surface area contributed by atoms with Gasteiger partial charge in [0.05, 0.1) is 5.69 Å². The number of hydrogen-bond acceptors (Lipinski definition) is 4. The van der Waals surface area contributed by atoms with Crippen molar-refractivity contribution in [3.05, 3.63) is 59.8 Å². The molecule has 120 valence electrons. The van der Waals surface area contributed by atoms with E-state index in [0.717, 1.165) is 24.6 Å². The van der Waals surface area contributed by atoms with E-state index in [0.29, 0.717) is 5.92 Å². The molecule has 0 aliphatic heterocycles. The summed E-state index contributed by atoms with van der Waals surface area (Å²) in [4.78, 5) is 4.35. The van der Waals surface area contributed by atoms with E-state index in [2.05, 4.69) is 40.5 Å². The van der Waals surface area contributed by atoms with Crippen molar-refractivity contribution < 1.29 is 0 Å². The van der Waals surface area contributed by atoms with Gasteiger partial charge in [0.2, 0.25) is 0 Å². The van der Waals surface area contributed by atoms with Crippen molar-refractivity contribution in [2.75, 3.05) is 0 Å². The van der Waals surface area contributed by atoms with Crippen LogP contribution < -0.4 is 5.32 Å². The molecule has 0 unspecified atom stereocenters. The summed E-state index contributed by atoms with van der Waals surface area (Å²) in [6.45, 7) is 5.93. The van der Waals surface area contributed by atoms with Crippen LogP contribution in [0.3, 0.4) is 0 Å². The highest BCUT2D eigenvalue weighted by Gasteiger charge is 2.10. The van der Waals surface area contributed by atoms with Gasteiger partial charge in [0.1, 0.15) is 0 Å². The standard InChI is InChI=1S/C17H22N6/c1-13(2)17-15(12-22(3)21-17)11-18-10-14-5-7-19-16(9-14)23-8-4-6-20-23/h4-9,12-13,18H,10-11H2,1-3H3. The van der Waals surface area contributed by atoms with E-state index in [4.69, 9.17) is 0 Å². The normalized spacial score (nSPS) is 11.3. The quantitative estimate of drug-likeness (QED) is 0.759. The number of aromatic nitrogens is 5. The van der Waals surface area contributed by atoms with Gasteiger partial charge in [-0.1, -0.05) is 13.8 Å². The Morgan fingerprint density at radius 3 is 2.83 bits per heavy atom. The minimum absolute atomic E-state index is 0.431. The number of nitrogens with zero attached hydrogens (tertiary/aromatic N) is 5. The van der Waals surface area contributed by atoms with Gasteiger partial charge in [0.25, 0.3) is 0 Å². The molecule has 0 saturated carbocycles. The molecule has 3 aromatic heterocycles. The van der Waals surface area contributed by atoms with Crippen LogP contribution in [0.2, 0.25) is 0 Å². The number of hydrogen-bond donors (Lipinski definition) is 1. The van der Waals surface area contributed by atoms with Crippen LogP contribution in [0.4, 0.5) is 0 Å². The predicted molar refractivity (Wildman–Crippen MR) is 89.2 cm³/mol. The first kappa shape index (κ1) is 15.4. The van der Waals surface area contributed by atoms with Gasteiger partial charge in [-0.3, -0.25) is 4.68 Å². The van der Waals surface area contributed by atoms with E-state index in [1.54, 1.807) is 10.9 Å². The summed E-state index contributed by atoms with van der Waals surface area (Å²) in [6.07, 6.45) is 7.55. The minimum atomic E-state index is 0.431. The summed E-state index contributed by atoms with van der Waals surface area (Å²) < 4.78 is 3.65. The molecule has 3 aromatic rings. The Kier molecular flexibility index (Phi) is 4.52. The highest BCUT2D eigenvalue weighted by molar-refractivity contribution is 5.27. The van der Waals surface area contributed by atoms with E-state index >= 15 is 0 Å².